The van der Waals surface area contributed by atoms with Gasteiger partial charge in [0.1, 0.15) is 6.04 Å². The Kier molecular flexibility index (Phi) is 4.65. The van der Waals surface area contributed by atoms with Crippen molar-refractivity contribution >= 4 is 17.8 Å². The van der Waals surface area contributed by atoms with Crippen LogP contribution in [0.1, 0.15) is 23.2 Å². The van der Waals surface area contributed by atoms with E-state index in [-0.39, 0.29) is 11.9 Å². The zero-order valence-corrected chi connectivity index (χ0v) is 16.3. The molecular formula is C19H23N7O4. The first-order valence-electron chi connectivity index (χ1n) is 10.0. The van der Waals surface area contributed by atoms with Crippen molar-refractivity contribution in [1.82, 2.24) is 31.0 Å². The molecule has 0 bridgehead atoms. The number of pyridine rings is 1. The molecule has 0 spiro atoms. The van der Waals surface area contributed by atoms with E-state index in [0.717, 1.165) is 18.5 Å². The zero-order valence-electron chi connectivity index (χ0n) is 16.3. The Balaban J connectivity index is 1.41. The second-order valence-electron chi connectivity index (χ2n) is 7.55. The van der Waals surface area contributed by atoms with Gasteiger partial charge in [-0.1, -0.05) is 0 Å². The number of morpholine rings is 1. The molecule has 4 aliphatic rings. The fraction of sp³-hybridized carbons (Fsp3) is 0.474. The summed E-state index contributed by atoms with van der Waals surface area (Å²) in [5.74, 6) is -2.05. The Hall–Kier alpha value is -3.02. The third kappa shape index (κ3) is 2.93. The third-order valence-corrected chi connectivity index (χ3v) is 5.92. The Morgan fingerprint density at radius 1 is 1.27 bits per heavy atom. The summed E-state index contributed by atoms with van der Waals surface area (Å²) >= 11 is 0. The first-order valence-corrected chi connectivity index (χ1v) is 10.0. The number of hydrogen-bond donors (Lipinski definition) is 4. The van der Waals surface area contributed by atoms with Gasteiger partial charge in [0.15, 0.2) is 0 Å². The number of rotatable bonds is 2. The van der Waals surface area contributed by atoms with Gasteiger partial charge in [-0.3, -0.25) is 35.6 Å². The predicted octanol–water partition coefficient (Wildman–Crippen LogP) is -1.49. The topological polar surface area (TPSA) is 131 Å². The summed E-state index contributed by atoms with van der Waals surface area (Å²) in [6.45, 7) is 2.77. The predicted molar refractivity (Wildman–Crippen MR) is 105 cm³/mol. The molecule has 2 amide bonds. The van der Waals surface area contributed by atoms with Gasteiger partial charge in [0.2, 0.25) is 11.8 Å². The van der Waals surface area contributed by atoms with Gasteiger partial charge < -0.3 is 14.7 Å². The molecule has 2 fully saturated rings. The van der Waals surface area contributed by atoms with Crippen LogP contribution in [0.4, 0.5) is 0 Å². The summed E-state index contributed by atoms with van der Waals surface area (Å²) in [5.41, 5.74) is 6.94. The quantitative estimate of drug-likeness (QED) is 0.432. The first-order chi connectivity index (χ1) is 14.6. The van der Waals surface area contributed by atoms with E-state index in [4.69, 9.17) is 4.74 Å². The van der Waals surface area contributed by atoms with Crippen LogP contribution in [-0.4, -0.2) is 82.4 Å². The molecule has 0 radical (unpaired) electrons. The van der Waals surface area contributed by atoms with E-state index in [2.05, 4.69) is 26.1 Å². The molecule has 1 aromatic heterocycles. The number of nitrogens with zero attached hydrogens (tertiary/aromatic N) is 4. The average Bonchev–Trinajstić information content (AvgIpc) is 3.35. The number of aliphatic hydroxyl groups is 1. The summed E-state index contributed by atoms with van der Waals surface area (Å²) in [6.07, 6.45) is 4.63. The number of hydrazine groups is 1. The fourth-order valence-electron chi connectivity index (χ4n) is 4.55. The lowest BCUT2D eigenvalue weighted by Gasteiger charge is -2.47. The smallest absolute Gasteiger partial charge is 0.269 e. The van der Waals surface area contributed by atoms with Crippen molar-refractivity contribution in [1.29, 1.82) is 0 Å². The Morgan fingerprint density at radius 2 is 2.03 bits per heavy atom. The molecule has 2 unspecified atom stereocenters. The van der Waals surface area contributed by atoms with Crippen LogP contribution < -0.4 is 16.2 Å². The average molecular weight is 413 g/mol. The highest BCUT2D eigenvalue weighted by molar-refractivity contribution is 6.10. The van der Waals surface area contributed by atoms with Gasteiger partial charge in [-0.2, -0.15) is 0 Å². The van der Waals surface area contributed by atoms with E-state index in [1.807, 2.05) is 9.80 Å². The van der Waals surface area contributed by atoms with Crippen molar-refractivity contribution in [3.05, 3.63) is 41.4 Å². The van der Waals surface area contributed by atoms with Crippen molar-refractivity contribution in [2.75, 3.05) is 32.8 Å². The summed E-state index contributed by atoms with van der Waals surface area (Å²) in [7, 11) is 0. The number of guanidine groups is 1. The van der Waals surface area contributed by atoms with Crippen LogP contribution in [0, 0.1) is 0 Å². The van der Waals surface area contributed by atoms with Gasteiger partial charge in [0, 0.05) is 43.3 Å². The summed E-state index contributed by atoms with van der Waals surface area (Å²) in [4.78, 5) is 37.5. The van der Waals surface area contributed by atoms with Crippen LogP contribution >= 0.6 is 0 Å². The third-order valence-electron chi connectivity index (χ3n) is 5.92. The number of carbonyl (C=O) groups is 2. The van der Waals surface area contributed by atoms with Crippen LogP contribution in [-0.2, 0) is 9.53 Å². The molecule has 5 heterocycles. The minimum atomic E-state index is -1.43. The molecule has 0 aromatic carbocycles. The maximum atomic E-state index is 12.9. The number of amides is 2. The number of hydrogen-bond acceptors (Lipinski definition) is 9. The van der Waals surface area contributed by atoms with Crippen LogP contribution in [0.2, 0.25) is 0 Å². The summed E-state index contributed by atoms with van der Waals surface area (Å²) < 4.78 is 5.44. The Morgan fingerprint density at radius 3 is 2.80 bits per heavy atom. The molecule has 4 N–H and O–H groups in total. The van der Waals surface area contributed by atoms with Gasteiger partial charge in [-0.15, -0.1) is 0 Å². The van der Waals surface area contributed by atoms with E-state index in [9.17, 15) is 14.7 Å². The number of allylic oxidation sites excluding steroid dienone is 1. The van der Waals surface area contributed by atoms with Gasteiger partial charge in [-0.05, 0) is 25.0 Å². The van der Waals surface area contributed by atoms with Crippen molar-refractivity contribution in [3.63, 3.8) is 0 Å². The van der Waals surface area contributed by atoms with E-state index in [1.165, 1.54) is 12.4 Å². The van der Waals surface area contributed by atoms with Crippen LogP contribution in [0.25, 0.3) is 0 Å². The number of ether oxygens (including phenoxy) is 1. The fourth-order valence-corrected chi connectivity index (χ4v) is 4.55. The Labute approximate surface area is 172 Å². The molecule has 158 valence electrons. The van der Waals surface area contributed by atoms with Crippen LogP contribution in [0.3, 0.4) is 0 Å². The zero-order chi connectivity index (χ0) is 20.7. The normalized spacial score (nSPS) is 28.6. The molecule has 2 atom stereocenters. The maximum absolute atomic E-state index is 12.9. The van der Waals surface area contributed by atoms with Gasteiger partial charge in [0.05, 0.1) is 18.8 Å². The highest BCUT2D eigenvalue weighted by Gasteiger charge is 2.60. The SMILES string of the molecule is O=C1NC(NNC(=O)c2ccncc2)=NC2C1=C1CCCN1C2(O)N1CCOCC1. The van der Waals surface area contributed by atoms with Crippen molar-refractivity contribution in [2.24, 2.45) is 4.99 Å². The van der Waals surface area contributed by atoms with Crippen molar-refractivity contribution in [2.45, 2.75) is 24.7 Å². The molecular weight excluding hydrogens is 390 g/mol. The van der Waals surface area contributed by atoms with E-state index in [1.54, 1.807) is 12.1 Å². The minimum absolute atomic E-state index is 0.0876. The lowest BCUT2D eigenvalue weighted by Crippen LogP contribution is -2.67. The van der Waals surface area contributed by atoms with E-state index >= 15 is 0 Å². The largest absolute Gasteiger partial charge is 0.379 e. The number of aliphatic imine (C=N–C) groups is 1. The lowest BCUT2D eigenvalue weighted by atomic mass is 10.00. The van der Waals surface area contributed by atoms with Gasteiger partial charge in [-0.25, -0.2) is 4.99 Å². The summed E-state index contributed by atoms with van der Waals surface area (Å²) in [6, 6.07) is 2.37. The highest BCUT2D eigenvalue weighted by Crippen LogP contribution is 2.46. The molecule has 0 saturated carbocycles. The molecule has 0 aliphatic carbocycles. The number of aromatic nitrogens is 1. The molecule has 11 nitrogen and oxygen atoms in total. The Bertz CT molecular complexity index is 928. The number of nitrogens with one attached hydrogen (secondary N) is 3. The second-order valence-corrected chi connectivity index (χ2v) is 7.55. The molecule has 5 rings (SSSR count). The highest BCUT2D eigenvalue weighted by atomic mass is 16.5. The van der Waals surface area contributed by atoms with Crippen LogP contribution in [0.15, 0.2) is 40.8 Å². The molecule has 4 aliphatic heterocycles. The van der Waals surface area contributed by atoms with Crippen LogP contribution in [0.5, 0.6) is 0 Å². The molecule has 11 heteroatoms. The van der Waals surface area contributed by atoms with Crippen molar-refractivity contribution in [3.8, 4) is 0 Å². The standard InChI is InChI=1S/C19H23N7O4/c27-16(12-3-5-20-6-4-12)23-24-18-21-15-14(17(28)22-18)13-2-1-7-26(13)19(15,29)25-8-10-30-11-9-25/h3-6,15,29H,1-2,7-11H2,(H,23,27)(H2,21,22,24,28). The second kappa shape index (κ2) is 7.35. The van der Waals surface area contributed by atoms with E-state index in [0.29, 0.717) is 44.0 Å². The number of carbonyl (C=O) groups excluding carboxylic acids is 2. The molecule has 2 saturated heterocycles. The summed E-state index contributed by atoms with van der Waals surface area (Å²) in [5, 5.41) is 14.5. The van der Waals surface area contributed by atoms with Crippen molar-refractivity contribution < 1.29 is 19.4 Å². The minimum Gasteiger partial charge on any atom is -0.379 e. The van der Waals surface area contributed by atoms with E-state index < -0.39 is 17.8 Å². The van der Waals surface area contributed by atoms with Gasteiger partial charge >= 0.3 is 0 Å². The van der Waals surface area contributed by atoms with Gasteiger partial charge in [0.25, 0.3) is 11.8 Å². The monoisotopic (exact) mass is 413 g/mol. The molecule has 1 aromatic rings. The maximum Gasteiger partial charge on any atom is 0.269 e. The molecule has 30 heavy (non-hydrogen) atoms. The first kappa shape index (κ1) is 19.0. The lowest BCUT2D eigenvalue weighted by molar-refractivity contribution is -0.214. The number of fused-ring (bicyclic) bond motifs is 2.